The molecule has 102 valence electrons. The van der Waals surface area contributed by atoms with Crippen LogP contribution < -0.4 is 11.5 Å². The number of rotatable bonds is 9. The van der Waals surface area contributed by atoms with E-state index in [1.165, 1.54) is 0 Å². The maximum atomic E-state index is 10.7. The SMILES string of the molecule is NC(C=O)(CSSCC(N)(C=O)C(=O)O)C(=O)O. The maximum Gasteiger partial charge on any atom is 0.332 e. The topological polar surface area (TPSA) is 161 Å². The van der Waals surface area contributed by atoms with Crippen LogP contribution in [0.1, 0.15) is 0 Å². The third-order valence-corrected chi connectivity index (χ3v) is 4.46. The summed E-state index contributed by atoms with van der Waals surface area (Å²) in [7, 11) is 1.70. The van der Waals surface area contributed by atoms with Gasteiger partial charge in [0.2, 0.25) is 0 Å². The molecule has 0 aromatic heterocycles. The Kier molecular flexibility index (Phi) is 6.32. The molecule has 8 nitrogen and oxygen atoms in total. The summed E-state index contributed by atoms with van der Waals surface area (Å²) in [5.41, 5.74) is 6.44. The zero-order valence-electron chi connectivity index (χ0n) is 9.07. The molecular formula is C8H12N2O6S2. The van der Waals surface area contributed by atoms with Gasteiger partial charge in [-0.1, -0.05) is 21.6 Å². The molecule has 0 saturated heterocycles. The average molecular weight is 296 g/mol. The van der Waals surface area contributed by atoms with Gasteiger partial charge in [-0.2, -0.15) is 0 Å². The van der Waals surface area contributed by atoms with Gasteiger partial charge in [0.1, 0.15) is 0 Å². The molecular weight excluding hydrogens is 284 g/mol. The Bertz CT molecular complexity index is 331. The maximum absolute atomic E-state index is 10.7. The number of carbonyl (C=O) groups is 4. The molecule has 0 saturated carbocycles. The molecule has 10 heteroatoms. The fraction of sp³-hybridized carbons (Fsp3) is 0.500. The first-order chi connectivity index (χ1) is 8.22. The standard InChI is InChI=1S/C8H12N2O6S2/c9-7(1-11,5(13)14)3-17-18-4-8(10,2-12)6(15)16/h1-2H,3-4,9-10H2,(H,13,14)(H,15,16). The number of carbonyl (C=O) groups excluding carboxylic acids is 2. The molecule has 0 rings (SSSR count). The lowest BCUT2D eigenvalue weighted by atomic mass is 10.1. The van der Waals surface area contributed by atoms with Gasteiger partial charge in [0.15, 0.2) is 23.7 Å². The summed E-state index contributed by atoms with van der Waals surface area (Å²) in [6, 6.07) is 0. The summed E-state index contributed by atoms with van der Waals surface area (Å²) >= 11 is 0. The van der Waals surface area contributed by atoms with Crippen molar-refractivity contribution < 1.29 is 29.4 Å². The molecule has 0 radical (unpaired) electrons. The van der Waals surface area contributed by atoms with E-state index in [1.54, 1.807) is 0 Å². The Morgan fingerprint density at radius 3 is 1.39 bits per heavy atom. The normalized spacial score (nSPS) is 17.2. The Labute approximate surface area is 110 Å². The number of aldehydes is 2. The zero-order chi connectivity index (χ0) is 14.4. The first-order valence-electron chi connectivity index (χ1n) is 4.43. The summed E-state index contributed by atoms with van der Waals surface area (Å²) in [6.45, 7) is 0. The molecule has 0 aromatic rings. The Hall–Kier alpha value is -1.10. The van der Waals surface area contributed by atoms with Crippen LogP contribution in [0, 0.1) is 0 Å². The highest BCUT2D eigenvalue weighted by atomic mass is 33.1. The number of carboxylic acids is 2. The van der Waals surface area contributed by atoms with Crippen LogP contribution in [0.2, 0.25) is 0 Å². The van der Waals surface area contributed by atoms with Gasteiger partial charge in [-0.05, 0) is 0 Å². The van der Waals surface area contributed by atoms with Gasteiger partial charge in [0.05, 0.1) is 0 Å². The molecule has 0 spiro atoms. The Morgan fingerprint density at radius 1 is 0.944 bits per heavy atom. The quantitative estimate of drug-likeness (QED) is 0.167. The molecule has 2 atom stereocenters. The van der Waals surface area contributed by atoms with E-state index in [1.807, 2.05) is 0 Å². The molecule has 2 unspecified atom stereocenters. The largest absolute Gasteiger partial charge is 0.480 e. The van der Waals surface area contributed by atoms with Crippen LogP contribution in [0.4, 0.5) is 0 Å². The minimum atomic E-state index is -2.04. The van der Waals surface area contributed by atoms with Crippen molar-refractivity contribution in [3.05, 3.63) is 0 Å². The molecule has 0 heterocycles. The predicted octanol–water partition coefficient (Wildman–Crippen LogP) is -1.67. The van der Waals surface area contributed by atoms with Crippen molar-refractivity contribution >= 4 is 46.1 Å². The molecule has 0 aliphatic rings. The van der Waals surface area contributed by atoms with Gasteiger partial charge < -0.3 is 31.3 Å². The molecule has 0 fully saturated rings. The van der Waals surface area contributed by atoms with Gasteiger partial charge in [0.25, 0.3) is 0 Å². The highest BCUT2D eigenvalue weighted by Crippen LogP contribution is 2.27. The van der Waals surface area contributed by atoms with Gasteiger partial charge >= 0.3 is 11.9 Å². The summed E-state index contributed by atoms with van der Waals surface area (Å²) in [5, 5.41) is 17.3. The van der Waals surface area contributed by atoms with E-state index in [-0.39, 0.29) is 24.1 Å². The summed E-state index contributed by atoms with van der Waals surface area (Å²) in [6.07, 6.45) is 0.186. The van der Waals surface area contributed by atoms with Crippen LogP contribution >= 0.6 is 21.6 Å². The lowest BCUT2D eigenvalue weighted by Gasteiger charge is -2.19. The highest BCUT2D eigenvalue weighted by Gasteiger charge is 2.36. The monoisotopic (exact) mass is 296 g/mol. The van der Waals surface area contributed by atoms with Crippen LogP contribution in [0.3, 0.4) is 0 Å². The minimum Gasteiger partial charge on any atom is -0.480 e. The van der Waals surface area contributed by atoms with Crippen LogP contribution in [-0.2, 0) is 19.2 Å². The first-order valence-corrected chi connectivity index (χ1v) is 6.92. The molecule has 18 heavy (non-hydrogen) atoms. The molecule has 0 amide bonds. The second-order valence-corrected chi connectivity index (χ2v) is 5.91. The van der Waals surface area contributed by atoms with E-state index in [9.17, 15) is 19.2 Å². The summed E-state index contributed by atoms with van der Waals surface area (Å²) in [5.74, 6) is -3.52. The van der Waals surface area contributed by atoms with Crippen LogP contribution in [0.5, 0.6) is 0 Å². The molecule has 0 aliphatic carbocycles. The van der Waals surface area contributed by atoms with E-state index in [0.29, 0.717) is 0 Å². The lowest BCUT2D eigenvalue weighted by Crippen LogP contribution is -2.52. The average Bonchev–Trinajstić information content (AvgIpc) is 2.33. The summed E-state index contributed by atoms with van der Waals surface area (Å²) in [4.78, 5) is 42.3. The van der Waals surface area contributed by atoms with Crippen molar-refractivity contribution in [3.8, 4) is 0 Å². The molecule has 0 bridgehead atoms. The lowest BCUT2D eigenvalue weighted by molar-refractivity contribution is -0.145. The van der Waals surface area contributed by atoms with E-state index in [2.05, 4.69) is 0 Å². The second kappa shape index (κ2) is 6.73. The molecule has 0 aromatic carbocycles. The van der Waals surface area contributed by atoms with E-state index in [0.717, 1.165) is 21.6 Å². The number of hydrogen-bond donors (Lipinski definition) is 4. The number of nitrogens with two attached hydrogens (primary N) is 2. The van der Waals surface area contributed by atoms with Crippen molar-refractivity contribution in [1.29, 1.82) is 0 Å². The minimum absolute atomic E-state index is 0.0928. The molecule has 6 N–H and O–H groups in total. The zero-order valence-corrected chi connectivity index (χ0v) is 10.7. The fourth-order valence-corrected chi connectivity index (χ4v) is 3.18. The van der Waals surface area contributed by atoms with Crippen LogP contribution in [-0.4, -0.2) is 57.3 Å². The Balaban J connectivity index is 4.30. The van der Waals surface area contributed by atoms with Crippen LogP contribution in [0.25, 0.3) is 0 Å². The van der Waals surface area contributed by atoms with Crippen LogP contribution in [0.15, 0.2) is 0 Å². The smallest absolute Gasteiger partial charge is 0.332 e. The van der Waals surface area contributed by atoms with Crippen molar-refractivity contribution in [2.45, 2.75) is 11.1 Å². The number of aliphatic carboxylic acids is 2. The van der Waals surface area contributed by atoms with Gasteiger partial charge in [-0.3, -0.25) is 0 Å². The Morgan fingerprint density at radius 2 is 1.22 bits per heavy atom. The van der Waals surface area contributed by atoms with E-state index >= 15 is 0 Å². The predicted molar refractivity (Wildman–Crippen MR) is 66.2 cm³/mol. The number of carboxylic acid groups (broad SMARTS) is 2. The third kappa shape index (κ3) is 4.29. The van der Waals surface area contributed by atoms with Crippen molar-refractivity contribution in [2.24, 2.45) is 11.5 Å². The van der Waals surface area contributed by atoms with E-state index in [4.69, 9.17) is 21.7 Å². The van der Waals surface area contributed by atoms with Crippen molar-refractivity contribution in [2.75, 3.05) is 11.5 Å². The van der Waals surface area contributed by atoms with Crippen molar-refractivity contribution in [3.63, 3.8) is 0 Å². The fourth-order valence-electron chi connectivity index (χ4n) is 0.571. The summed E-state index contributed by atoms with van der Waals surface area (Å²) < 4.78 is 0. The molecule has 0 aliphatic heterocycles. The van der Waals surface area contributed by atoms with Gasteiger partial charge in [0, 0.05) is 11.5 Å². The van der Waals surface area contributed by atoms with E-state index < -0.39 is 23.0 Å². The van der Waals surface area contributed by atoms with Gasteiger partial charge in [-0.15, -0.1) is 0 Å². The van der Waals surface area contributed by atoms with Gasteiger partial charge in [-0.25, -0.2) is 9.59 Å². The highest BCUT2D eigenvalue weighted by molar-refractivity contribution is 8.76. The number of hydrogen-bond acceptors (Lipinski definition) is 8. The second-order valence-electron chi connectivity index (χ2n) is 3.45. The van der Waals surface area contributed by atoms with Crippen molar-refractivity contribution in [1.82, 2.24) is 0 Å². The third-order valence-electron chi connectivity index (χ3n) is 1.90. The first kappa shape index (κ1) is 16.9.